The molecular weight excluding hydrogens is 376 g/mol. The minimum atomic E-state index is -3.67. The first-order chi connectivity index (χ1) is 13.4. The van der Waals surface area contributed by atoms with Crippen molar-refractivity contribution in [3.05, 3.63) is 83.9 Å². The third kappa shape index (κ3) is 4.50. The molecule has 0 bridgehead atoms. The Hall–Kier alpha value is -3.32. The molecule has 3 aromatic carbocycles. The maximum absolute atomic E-state index is 12.4. The number of hydrogen-bond donors (Lipinski definition) is 2. The second kappa shape index (κ2) is 8.14. The summed E-state index contributed by atoms with van der Waals surface area (Å²) in [6.07, 6.45) is 0. The van der Waals surface area contributed by atoms with Gasteiger partial charge in [-0.1, -0.05) is 29.8 Å². The minimum absolute atomic E-state index is 0.187. The zero-order chi connectivity index (χ0) is 20.1. The Balaban J connectivity index is 1.71. The van der Waals surface area contributed by atoms with Crippen LogP contribution in [0.5, 0.6) is 5.75 Å². The summed E-state index contributed by atoms with van der Waals surface area (Å²) in [5.74, 6) is 0.160. The smallest absolute Gasteiger partial charge is 0.261 e. The number of rotatable bonds is 6. The summed E-state index contributed by atoms with van der Waals surface area (Å²) >= 11 is 0. The normalized spacial score (nSPS) is 10.9. The lowest BCUT2D eigenvalue weighted by atomic mass is 10.2. The Morgan fingerprint density at radius 3 is 2.11 bits per heavy atom. The van der Waals surface area contributed by atoms with Gasteiger partial charge in [-0.25, -0.2) is 8.42 Å². The van der Waals surface area contributed by atoms with Crippen molar-refractivity contribution in [2.45, 2.75) is 11.8 Å². The van der Waals surface area contributed by atoms with Crippen LogP contribution in [0.2, 0.25) is 0 Å². The van der Waals surface area contributed by atoms with Crippen LogP contribution in [-0.4, -0.2) is 21.4 Å². The molecule has 0 heterocycles. The summed E-state index contributed by atoms with van der Waals surface area (Å²) in [6, 6.07) is 19.9. The van der Waals surface area contributed by atoms with Crippen LogP contribution in [0.15, 0.2) is 77.7 Å². The summed E-state index contributed by atoms with van der Waals surface area (Å²) in [7, 11) is -2.17. The van der Waals surface area contributed by atoms with Crippen LogP contribution in [0, 0.1) is 6.92 Å². The quantitative estimate of drug-likeness (QED) is 0.658. The van der Waals surface area contributed by atoms with Gasteiger partial charge < -0.3 is 10.1 Å². The van der Waals surface area contributed by atoms with Crippen LogP contribution >= 0.6 is 0 Å². The van der Waals surface area contributed by atoms with E-state index in [0.717, 1.165) is 5.56 Å². The number of amides is 1. The Bertz CT molecular complexity index is 1080. The monoisotopic (exact) mass is 396 g/mol. The highest BCUT2D eigenvalue weighted by atomic mass is 32.2. The van der Waals surface area contributed by atoms with E-state index in [4.69, 9.17) is 4.74 Å². The zero-order valence-corrected chi connectivity index (χ0v) is 16.3. The van der Waals surface area contributed by atoms with Crippen molar-refractivity contribution in [3.63, 3.8) is 0 Å². The largest absolute Gasteiger partial charge is 0.496 e. The van der Waals surface area contributed by atoms with Crippen molar-refractivity contribution in [2.75, 3.05) is 17.1 Å². The van der Waals surface area contributed by atoms with Gasteiger partial charge in [0.1, 0.15) is 5.75 Å². The molecule has 144 valence electrons. The first-order valence-corrected chi connectivity index (χ1v) is 10.0. The average Bonchev–Trinajstić information content (AvgIpc) is 2.69. The van der Waals surface area contributed by atoms with E-state index in [2.05, 4.69) is 10.0 Å². The molecule has 1 amide bonds. The van der Waals surface area contributed by atoms with Gasteiger partial charge in [0.25, 0.3) is 15.9 Å². The van der Waals surface area contributed by atoms with E-state index < -0.39 is 10.0 Å². The summed E-state index contributed by atoms with van der Waals surface area (Å²) < 4.78 is 32.6. The van der Waals surface area contributed by atoms with Gasteiger partial charge in [0.15, 0.2) is 0 Å². The zero-order valence-electron chi connectivity index (χ0n) is 15.5. The van der Waals surface area contributed by atoms with Gasteiger partial charge in [-0.3, -0.25) is 9.52 Å². The molecule has 28 heavy (non-hydrogen) atoms. The van der Waals surface area contributed by atoms with Gasteiger partial charge in [0.05, 0.1) is 17.6 Å². The minimum Gasteiger partial charge on any atom is -0.496 e. The van der Waals surface area contributed by atoms with Crippen molar-refractivity contribution < 1.29 is 17.9 Å². The van der Waals surface area contributed by atoms with Gasteiger partial charge in [-0.2, -0.15) is 0 Å². The third-order valence-electron chi connectivity index (χ3n) is 4.08. The van der Waals surface area contributed by atoms with Gasteiger partial charge in [-0.15, -0.1) is 0 Å². The maximum atomic E-state index is 12.4. The molecule has 6 nitrogen and oxygen atoms in total. The molecule has 0 fully saturated rings. The highest BCUT2D eigenvalue weighted by Gasteiger charge is 2.14. The van der Waals surface area contributed by atoms with Crippen molar-refractivity contribution in [2.24, 2.45) is 0 Å². The number of methoxy groups -OCH3 is 1. The number of nitrogens with one attached hydrogen (secondary N) is 2. The van der Waals surface area contributed by atoms with Crippen molar-refractivity contribution >= 4 is 27.3 Å². The average molecular weight is 396 g/mol. The Labute approximate surface area is 164 Å². The van der Waals surface area contributed by atoms with Crippen LogP contribution in [0.25, 0.3) is 0 Å². The van der Waals surface area contributed by atoms with E-state index in [0.29, 0.717) is 22.7 Å². The number of carbonyl (C=O) groups is 1. The Kier molecular flexibility index (Phi) is 5.65. The predicted molar refractivity (Wildman–Crippen MR) is 109 cm³/mol. The lowest BCUT2D eigenvalue weighted by molar-refractivity contribution is 0.102. The molecule has 3 rings (SSSR count). The molecule has 0 spiro atoms. The fourth-order valence-electron chi connectivity index (χ4n) is 2.58. The molecule has 0 saturated carbocycles. The number of aryl methyl sites for hydroxylation is 1. The molecule has 0 unspecified atom stereocenters. The number of ether oxygens (including phenoxy) is 1. The molecule has 0 aliphatic rings. The molecular formula is C21H20N2O4S. The van der Waals surface area contributed by atoms with E-state index in [-0.39, 0.29) is 10.8 Å². The summed E-state index contributed by atoms with van der Waals surface area (Å²) in [5, 5.41) is 2.76. The van der Waals surface area contributed by atoms with E-state index in [1.807, 2.05) is 6.92 Å². The standard InChI is InChI=1S/C21H20N2O4S/c1-15-7-13-18(14-8-15)28(25,26)23-17-11-9-16(10-12-17)22-21(24)19-5-3-4-6-20(19)27-2/h3-14,23H,1-2H3,(H,22,24). The van der Waals surface area contributed by atoms with Crippen LogP contribution in [0.3, 0.4) is 0 Å². The summed E-state index contributed by atoms with van der Waals surface area (Å²) in [6.45, 7) is 1.89. The van der Waals surface area contributed by atoms with E-state index >= 15 is 0 Å². The first-order valence-electron chi connectivity index (χ1n) is 8.53. The van der Waals surface area contributed by atoms with Gasteiger partial charge >= 0.3 is 0 Å². The molecule has 0 aliphatic heterocycles. The SMILES string of the molecule is COc1ccccc1C(=O)Nc1ccc(NS(=O)(=O)c2ccc(C)cc2)cc1. The summed E-state index contributed by atoms with van der Waals surface area (Å²) in [5.41, 5.74) is 2.33. The number of hydrogen-bond acceptors (Lipinski definition) is 4. The van der Waals surface area contributed by atoms with Crippen LogP contribution in [0.4, 0.5) is 11.4 Å². The third-order valence-corrected chi connectivity index (χ3v) is 5.48. The molecule has 0 radical (unpaired) electrons. The van der Waals surface area contributed by atoms with Gasteiger partial charge in [0.2, 0.25) is 0 Å². The van der Waals surface area contributed by atoms with Crippen LogP contribution < -0.4 is 14.8 Å². The Morgan fingerprint density at radius 2 is 1.46 bits per heavy atom. The highest BCUT2D eigenvalue weighted by molar-refractivity contribution is 7.92. The predicted octanol–water partition coefficient (Wildman–Crippen LogP) is 4.06. The van der Waals surface area contributed by atoms with Gasteiger partial charge in [0, 0.05) is 11.4 Å². The molecule has 2 N–H and O–H groups in total. The van der Waals surface area contributed by atoms with Crippen molar-refractivity contribution in [1.29, 1.82) is 0 Å². The number of benzene rings is 3. The molecule has 0 aromatic heterocycles. The fourth-order valence-corrected chi connectivity index (χ4v) is 3.64. The van der Waals surface area contributed by atoms with Crippen LogP contribution in [-0.2, 0) is 10.0 Å². The van der Waals surface area contributed by atoms with Crippen LogP contribution in [0.1, 0.15) is 15.9 Å². The number of anilines is 2. The molecule has 3 aromatic rings. The lowest BCUT2D eigenvalue weighted by Gasteiger charge is -2.11. The van der Waals surface area contributed by atoms with E-state index in [9.17, 15) is 13.2 Å². The van der Waals surface area contributed by atoms with E-state index in [1.54, 1.807) is 72.8 Å². The number of carbonyl (C=O) groups excluding carboxylic acids is 1. The highest BCUT2D eigenvalue weighted by Crippen LogP contribution is 2.21. The lowest BCUT2D eigenvalue weighted by Crippen LogP contribution is -2.14. The Morgan fingerprint density at radius 1 is 0.857 bits per heavy atom. The molecule has 0 atom stereocenters. The molecule has 0 saturated heterocycles. The molecule has 0 aliphatic carbocycles. The van der Waals surface area contributed by atoms with Crippen molar-refractivity contribution in [3.8, 4) is 5.75 Å². The second-order valence-corrected chi connectivity index (χ2v) is 7.83. The van der Waals surface area contributed by atoms with Crippen molar-refractivity contribution in [1.82, 2.24) is 0 Å². The van der Waals surface area contributed by atoms with E-state index in [1.165, 1.54) is 7.11 Å². The summed E-state index contributed by atoms with van der Waals surface area (Å²) in [4.78, 5) is 12.6. The fraction of sp³-hybridized carbons (Fsp3) is 0.0952. The second-order valence-electron chi connectivity index (χ2n) is 6.15. The number of sulfonamides is 1. The first kappa shape index (κ1) is 19.4. The van der Waals surface area contributed by atoms with Gasteiger partial charge in [-0.05, 0) is 55.5 Å². The number of para-hydroxylation sites is 1. The topological polar surface area (TPSA) is 84.5 Å². The molecule has 7 heteroatoms. The maximum Gasteiger partial charge on any atom is 0.261 e.